The number of carbonyl (C=O) groups is 1. The summed E-state index contributed by atoms with van der Waals surface area (Å²) in [7, 11) is 0. The number of fused-ring (bicyclic) bond motifs is 1. The van der Waals surface area contributed by atoms with Crippen LogP contribution in [0.4, 0.5) is 8.78 Å². The fourth-order valence-electron chi connectivity index (χ4n) is 3.81. The van der Waals surface area contributed by atoms with Crippen LogP contribution in [0.5, 0.6) is 0 Å². The minimum atomic E-state index is -0.337. The fourth-order valence-corrected chi connectivity index (χ4v) is 3.81. The predicted octanol–water partition coefficient (Wildman–Crippen LogP) is 4.39. The Labute approximate surface area is 150 Å². The second-order valence-electron chi connectivity index (χ2n) is 6.86. The molecule has 0 radical (unpaired) electrons. The molecular formula is C21H20F2N2O. The van der Waals surface area contributed by atoms with Crippen molar-refractivity contribution in [2.75, 3.05) is 13.1 Å². The van der Waals surface area contributed by atoms with Crippen LogP contribution >= 0.6 is 0 Å². The van der Waals surface area contributed by atoms with E-state index in [9.17, 15) is 13.6 Å². The lowest BCUT2D eigenvalue weighted by atomic mass is 9.89. The van der Waals surface area contributed by atoms with Gasteiger partial charge >= 0.3 is 0 Å². The normalized spacial score (nSPS) is 15.5. The minimum Gasteiger partial charge on any atom is -0.361 e. The van der Waals surface area contributed by atoms with Crippen LogP contribution in [-0.4, -0.2) is 28.9 Å². The maximum atomic E-state index is 13.7. The Bertz CT molecular complexity index is 942. The Hall–Kier alpha value is -2.69. The van der Waals surface area contributed by atoms with Crippen LogP contribution in [0.1, 0.15) is 29.9 Å². The first-order valence-electron chi connectivity index (χ1n) is 8.89. The van der Waals surface area contributed by atoms with Gasteiger partial charge in [0.25, 0.3) is 0 Å². The molecule has 1 aliphatic heterocycles. The number of aromatic nitrogens is 1. The highest BCUT2D eigenvalue weighted by molar-refractivity contribution is 5.84. The maximum absolute atomic E-state index is 13.7. The number of likely N-dealkylation sites (tertiary alicyclic amines) is 1. The highest BCUT2D eigenvalue weighted by atomic mass is 19.1. The fraction of sp³-hybridized carbons (Fsp3) is 0.286. The number of nitrogens with one attached hydrogen (secondary N) is 1. The first kappa shape index (κ1) is 16.8. The van der Waals surface area contributed by atoms with Crippen molar-refractivity contribution in [1.29, 1.82) is 0 Å². The molecule has 0 bridgehead atoms. The first-order valence-corrected chi connectivity index (χ1v) is 8.89. The van der Waals surface area contributed by atoms with Crippen LogP contribution in [0.2, 0.25) is 0 Å². The molecule has 26 heavy (non-hydrogen) atoms. The molecule has 1 fully saturated rings. The van der Waals surface area contributed by atoms with Crippen molar-refractivity contribution in [2.45, 2.75) is 25.2 Å². The molecular weight excluding hydrogens is 334 g/mol. The molecule has 1 aliphatic rings. The van der Waals surface area contributed by atoms with E-state index >= 15 is 0 Å². The number of halogens is 2. The number of rotatable bonds is 3. The summed E-state index contributed by atoms with van der Waals surface area (Å²) < 4.78 is 27.3. The standard InChI is InChI=1S/C21H20F2N2O/c22-16-5-6-20-17(12-16)18(13-24-20)14-7-9-25(10-8-14)21(26)11-15-3-1-2-4-19(15)23/h1-6,12-14,24H,7-11H2. The van der Waals surface area contributed by atoms with E-state index in [1.807, 2.05) is 6.20 Å². The number of benzene rings is 2. The molecule has 5 heteroatoms. The topological polar surface area (TPSA) is 36.1 Å². The van der Waals surface area contributed by atoms with Gasteiger partial charge in [0.1, 0.15) is 11.6 Å². The van der Waals surface area contributed by atoms with E-state index in [1.165, 1.54) is 12.1 Å². The van der Waals surface area contributed by atoms with Crippen molar-refractivity contribution in [3.05, 3.63) is 71.4 Å². The molecule has 2 aromatic carbocycles. The van der Waals surface area contributed by atoms with E-state index in [1.54, 1.807) is 35.2 Å². The van der Waals surface area contributed by atoms with Gasteiger partial charge in [-0.3, -0.25) is 4.79 Å². The third kappa shape index (κ3) is 3.21. The van der Waals surface area contributed by atoms with E-state index in [-0.39, 0.29) is 24.0 Å². The van der Waals surface area contributed by atoms with Crippen molar-refractivity contribution >= 4 is 16.8 Å². The van der Waals surface area contributed by atoms with Gasteiger partial charge in [0.05, 0.1) is 6.42 Å². The number of nitrogens with zero attached hydrogens (tertiary/aromatic N) is 1. The Morgan fingerprint density at radius 2 is 1.88 bits per heavy atom. The summed E-state index contributed by atoms with van der Waals surface area (Å²) >= 11 is 0. The molecule has 2 heterocycles. The number of carbonyl (C=O) groups excluding carboxylic acids is 1. The molecule has 1 N–H and O–H groups in total. The smallest absolute Gasteiger partial charge is 0.227 e. The molecule has 3 nitrogen and oxygen atoms in total. The quantitative estimate of drug-likeness (QED) is 0.744. The van der Waals surface area contributed by atoms with Gasteiger partial charge in [-0.25, -0.2) is 8.78 Å². The van der Waals surface area contributed by atoms with Crippen molar-refractivity contribution in [1.82, 2.24) is 9.88 Å². The molecule has 0 unspecified atom stereocenters. The Kier molecular flexibility index (Phi) is 4.45. The number of hydrogen-bond acceptors (Lipinski definition) is 1. The number of aromatic amines is 1. The summed E-state index contributed by atoms with van der Waals surface area (Å²) in [5.41, 5.74) is 2.48. The highest BCUT2D eigenvalue weighted by Crippen LogP contribution is 2.33. The maximum Gasteiger partial charge on any atom is 0.227 e. The zero-order valence-corrected chi connectivity index (χ0v) is 14.3. The summed E-state index contributed by atoms with van der Waals surface area (Å²) in [5.74, 6) is -0.325. The Balaban J connectivity index is 1.43. The van der Waals surface area contributed by atoms with Gasteiger partial charge in [-0.15, -0.1) is 0 Å². The molecule has 1 aromatic heterocycles. The van der Waals surface area contributed by atoms with Crippen molar-refractivity contribution in [2.24, 2.45) is 0 Å². The van der Waals surface area contributed by atoms with Gasteiger partial charge in [0, 0.05) is 30.2 Å². The monoisotopic (exact) mass is 354 g/mol. The van der Waals surface area contributed by atoms with Crippen molar-refractivity contribution in [3.63, 3.8) is 0 Å². The summed E-state index contributed by atoms with van der Waals surface area (Å²) in [5, 5.41) is 0.918. The van der Waals surface area contributed by atoms with Gasteiger partial charge in [-0.2, -0.15) is 0 Å². The van der Waals surface area contributed by atoms with E-state index in [0.717, 1.165) is 29.3 Å². The van der Waals surface area contributed by atoms with Gasteiger partial charge < -0.3 is 9.88 Å². The minimum absolute atomic E-state index is 0.0430. The van der Waals surface area contributed by atoms with Crippen LogP contribution in [0, 0.1) is 11.6 Å². The average Bonchev–Trinajstić information content (AvgIpc) is 3.06. The lowest BCUT2D eigenvalue weighted by Gasteiger charge is -2.32. The zero-order valence-electron chi connectivity index (χ0n) is 14.3. The summed E-state index contributed by atoms with van der Waals surface area (Å²) in [6, 6.07) is 11.2. The van der Waals surface area contributed by atoms with Crippen LogP contribution in [0.3, 0.4) is 0 Å². The molecule has 0 aliphatic carbocycles. The Morgan fingerprint density at radius 3 is 2.65 bits per heavy atom. The van der Waals surface area contributed by atoms with E-state index < -0.39 is 0 Å². The van der Waals surface area contributed by atoms with Crippen LogP contribution in [-0.2, 0) is 11.2 Å². The van der Waals surface area contributed by atoms with E-state index in [4.69, 9.17) is 0 Å². The third-order valence-corrected chi connectivity index (χ3v) is 5.26. The molecule has 1 saturated heterocycles. The molecule has 1 amide bonds. The summed E-state index contributed by atoms with van der Waals surface area (Å²) in [4.78, 5) is 17.5. The van der Waals surface area contributed by atoms with Gasteiger partial charge in [0.2, 0.25) is 5.91 Å². The predicted molar refractivity (Wildman–Crippen MR) is 96.9 cm³/mol. The highest BCUT2D eigenvalue weighted by Gasteiger charge is 2.26. The SMILES string of the molecule is O=C(Cc1ccccc1F)N1CCC(c2c[nH]c3ccc(F)cc23)CC1. The molecule has 0 saturated carbocycles. The van der Waals surface area contributed by atoms with Crippen LogP contribution in [0.15, 0.2) is 48.7 Å². The number of piperidine rings is 1. The first-order chi connectivity index (χ1) is 12.6. The summed E-state index contributed by atoms with van der Waals surface area (Å²) in [6.45, 7) is 1.28. The number of hydrogen-bond donors (Lipinski definition) is 1. The van der Waals surface area contributed by atoms with E-state index in [2.05, 4.69) is 4.98 Å². The molecule has 4 rings (SSSR count). The lowest BCUT2D eigenvalue weighted by Crippen LogP contribution is -2.38. The third-order valence-electron chi connectivity index (χ3n) is 5.26. The zero-order chi connectivity index (χ0) is 18.1. The molecule has 3 aromatic rings. The van der Waals surface area contributed by atoms with Crippen molar-refractivity contribution in [3.8, 4) is 0 Å². The van der Waals surface area contributed by atoms with Gasteiger partial charge in [-0.1, -0.05) is 18.2 Å². The second kappa shape index (κ2) is 6.90. The summed E-state index contributed by atoms with van der Waals surface area (Å²) in [6.07, 6.45) is 3.69. The average molecular weight is 354 g/mol. The number of amides is 1. The number of H-pyrrole nitrogens is 1. The molecule has 0 atom stereocenters. The largest absolute Gasteiger partial charge is 0.361 e. The second-order valence-corrected chi connectivity index (χ2v) is 6.86. The van der Waals surface area contributed by atoms with Gasteiger partial charge in [-0.05, 0) is 54.2 Å². The molecule has 134 valence electrons. The van der Waals surface area contributed by atoms with Crippen molar-refractivity contribution < 1.29 is 13.6 Å². The van der Waals surface area contributed by atoms with Gasteiger partial charge in [0.15, 0.2) is 0 Å². The van der Waals surface area contributed by atoms with Crippen LogP contribution < -0.4 is 0 Å². The lowest BCUT2D eigenvalue weighted by molar-refractivity contribution is -0.131. The van der Waals surface area contributed by atoms with Crippen LogP contribution in [0.25, 0.3) is 10.9 Å². The van der Waals surface area contributed by atoms with E-state index in [0.29, 0.717) is 24.6 Å². The molecule has 0 spiro atoms. The Morgan fingerprint density at radius 1 is 1.12 bits per heavy atom.